The van der Waals surface area contributed by atoms with Crippen molar-refractivity contribution in [3.05, 3.63) is 0 Å². The average Bonchev–Trinajstić information content (AvgIpc) is 2.26. The Bertz CT molecular complexity index is 251. The molecule has 0 fully saturated rings. The van der Waals surface area contributed by atoms with Crippen LogP contribution in [0.3, 0.4) is 0 Å². The smallest absolute Gasteiger partial charge is 0.329 e. The normalized spacial score (nSPS) is 17.0. The lowest BCUT2D eigenvalue weighted by Gasteiger charge is -2.48. The molecular weight excluding hydrogens is 241 g/mol. The maximum absolute atomic E-state index is 12.2. The molecule has 0 aliphatic carbocycles. The number of nitrogens with zero attached hydrogens (tertiary/aromatic N) is 1. The Hall–Kier alpha value is -0.290. The second kappa shape index (κ2) is 6.24. The monoisotopic (exact) mass is 268 g/mol. The van der Waals surface area contributed by atoms with Crippen LogP contribution in [-0.2, 0) is 0 Å². The van der Waals surface area contributed by atoms with Gasteiger partial charge >= 0.3 is 6.18 Å². The van der Waals surface area contributed by atoms with Crippen molar-refractivity contribution in [1.29, 1.82) is 0 Å². The van der Waals surface area contributed by atoms with E-state index in [4.69, 9.17) is 5.73 Å². The maximum Gasteiger partial charge on any atom is 0.389 e. The van der Waals surface area contributed by atoms with Crippen LogP contribution in [0, 0.1) is 0 Å². The van der Waals surface area contributed by atoms with E-state index in [1.54, 1.807) is 0 Å². The van der Waals surface area contributed by atoms with Crippen LogP contribution in [-0.4, -0.2) is 35.7 Å². The Morgan fingerprint density at radius 3 is 1.89 bits per heavy atom. The van der Waals surface area contributed by atoms with Gasteiger partial charge in [0.05, 0.1) is 0 Å². The molecule has 110 valence electrons. The molecule has 0 aliphatic heterocycles. The predicted octanol–water partition coefficient (Wildman–Crippen LogP) is 3.56. The van der Waals surface area contributed by atoms with Gasteiger partial charge in [-0.1, -0.05) is 6.92 Å². The van der Waals surface area contributed by atoms with Crippen LogP contribution in [0.5, 0.6) is 0 Å². The highest BCUT2D eigenvalue weighted by Gasteiger charge is 2.37. The highest BCUT2D eigenvalue weighted by molar-refractivity contribution is 4.93. The third-order valence-electron chi connectivity index (χ3n) is 4.20. The van der Waals surface area contributed by atoms with Gasteiger partial charge in [0, 0.05) is 24.0 Å². The Balaban J connectivity index is 4.61. The fraction of sp³-hybridized carbons (Fsp3) is 1.00. The quantitative estimate of drug-likeness (QED) is 0.765. The van der Waals surface area contributed by atoms with E-state index in [-0.39, 0.29) is 17.5 Å². The zero-order valence-corrected chi connectivity index (χ0v) is 12.2. The van der Waals surface area contributed by atoms with Crippen molar-refractivity contribution >= 4 is 0 Å². The first-order chi connectivity index (χ1) is 7.98. The molecular formula is C13H27F3N2. The minimum absolute atomic E-state index is 0.0631. The van der Waals surface area contributed by atoms with Crippen molar-refractivity contribution in [2.75, 3.05) is 13.6 Å². The summed E-state index contributed by atoms with van der Waals surface area (Å²) in [5.74, 6) is 0. The number of hydrogen-bond acceptors (Lipinski definition) is 2. The summed E-state index contributed by atoms with van der Waals surface area (Å²) in [4.78, 5) is 2.12. The summed E-state index contributed by atoms with van der Waals surface area (Å²) >= 11 is 0. The summed E-state index contributed by atoms with van der Waals surface area (Å²) in [6.45, 7) is 8.56. The minimum atomic E-state index is -4.08. The number of nitrogens with two attached hydrogens (primary N) is 1. The predicted molar refractivity (Wildman–Crippen MR) is 69.5 cm³/mol. The number of hydrogen-bond donors (Lipinski definition) is 1. The Morgan fingerprint density at radius 2 is 1.56 bits per heavy atom. The molecule has 2 N–H and O–H groups in total. The van der Waals surface area contributed by atoms with Crippen molar-refractivity contribution in [2.24, 2.45) is 5.73 Å². The van der Waals surface area contributed by atoms with E-state index in [0.717, 1.165) is 6.42 Å². The van der Waals surface area contributed by atoms with Gasteiger partial charge in [-0.3, -0.25) is 4.90 Å². The minimum Gasteiger partial charge on any atom is -0.329 e. The van der Waals surface area contributed by atoms with Gasteiger partial charge in [0.1, 0.15) is 0 Å². The van der Waals surface area contributed by atoms with Crippen LogP contribution >= 0.6 is 0 Å². The van der Waals surface area contributed by atoms with Crippen molar-refractivity contribution < 1.29 is 13.2 Å². The second-order valence-corrected chi connectivity index (χ2v) is 5.89. The zero-order valence-electron chi connectivity index (χ0n) is 12.2. The molecule has 0 radical (unpaired) electrons. The standard InChI is InChI=1S/C13H27F3N2/c1-6-11(2,3)18(5)12(4,10-17)8-7-9-13(14,15)16/h6-10,17H2,1-5H3. The second-order valence-electron chi connectivity index (χ2n) is 5.89. The first-order valence-corrected chi connectivity index (χ1v) is 6.49. The first kappa shape index (κ1) is 17.7. The van der Waals surface area contributed by atoms with E-state index in [9.17, 15) is 13.2 Å². The molecule has 18 heavy (non-hydrogen) atoms. The van der Waals surface area contributed by atoms with E-state index in [1.807, 2.05) is 14.0 Å². The lowest BCUT2D eigenvalue weighted by Crippen LogP contribution is -2.58. The molecule has 0 saturated heterocycles. The van der Waals surface area contributed by atoms with Crippen molar-refractivity contribution in [3.8, 4) is 0 Å². The van der Waals surface area contributed by atoms with Gasteiger partial charge in [-0.15, -0.1) is 0 Å². The molecule has 0 aliphatic rings. The first-order valence-electron chi connectivity index (χ1n) is 6.49. The van der Waals surface area contributed by atoms with Gasteiger partial charge in [-0.05, 0) is 47.1 Å². The van der Waals surface area contributed by atoms with Crippen LogP contribution in [0.25, 0.3) is 0 Å². The number of alkyl halides is 3. The topological polar surface area (TPSA) is 29.3 Å². The number of rotatable bonds is 7. The molecule has 1 unspecified atom stereocenters. The SMILES string of the molecule is CCC(C)(C)N(C)C(C)(CN)CCCC(F)(F)F. The van der Waals surface area contributed by atoms with E-state index >= 15 is 0 Å². The molecule has 0 aromatic heterocycles. The lowest BCUT2D eigenvalue weighted by atomic mass is 9.87. The third-order valence-corrected chi connectivity index (χ3v) is 4.20. The lowest BCUT2D eigenvalue weighted by molar-refractivity contribution is -0.137. The molecule has 0 aromatic carbocycles. The summed E-state index contributed by atoms with van der Waals surface area (Å²) < 4.78 is 36.6. The summed E-state index contributed by atoms with van der Waals surface area (Å²) in [6.07, 6.45) is -3.29. The molecule has 5 heteroatoms. The number of likely N-dealkylation sites (N-methyl/N-ethyl adjacent to an activating group) is 1. The zero-order chi connectivity index (χ0) is 14.6. The van der Waals surface area contributed by atoms with Crippen LogP contribution in [0.2, 0.25) is 0 Å². The fourth-order valence-electron chi connectivity index (χ4n) is 2.04. The molecule has 0 spiro atoms. The van der Waals surface area contributed by atoms with Crippen LogP contribution in [0.15, 0.2) is 0 Å². The van der Waals surface area contributed by atoms with E-state index in [0.29, 0.717) is 13.0 Å². The van der Waals surface area contributed by atoms with Gasteiger partial charge < -0.3 is 5.73 Å². The highest BCUT2D eigenvalue weighted by Crippen LogP contribution is 2.31. The van der Waals surface area contributed by atoms with Gasteiger partial charge in [0.2, 0.25) is 0 Å². The molecule has 0 amide bonds. The van der Waals surface area contributed by atoms with Gasteiger partial charge in [0.15, 0.2) is 0 Å². The Kier molecular flexibility index (Phi) is 6.14. The van der Waals surface area contributed by atoms with Gasteiger partial charge in [0.25, 0.3) is 0 Å². The summed E-state index contributed by atoms with van der Waals surface area (Å²) in [7, 11) is 1.95. The molecule has 1 atom stereocenters. The maximum atomic E-state index is 12.2. The summed E-state index contributed by atoms with van der Waals surface area (Å²) in [6, 6.07) is 0. The number of halogens is 3. The van der Waals surface area contributed by atoms with E-state index in [2.05, 4.69) is 25.7 Å². The summed E-state index contributed by atoms with van der Waals surface area (Å²) in [5.41, 5.74) is 5.34. The molecule has 0 rings (SSSR count). The van der Waals surface area contributed by atoms with Crippen molar-refractivity contribution in [1.82, 2.24) is 4.90 Å². The molecule has 0 bridgehead atoms. The molecule has 0 heterocycles. The third kappa shape index (κ3) is 5.14. The van der Waals surface area contributed by atoms with Gasteiger partial charge in [-0.25, -0.2) is 0 Å². The summed E-state index contributed by atoms with van der Waals surface area (Å²) in [5, 5.41) is 0. The molecule has 2 nitrogen and oxygen atoms in total. The fourth-order valence-corrected chi connectivity index (χ4v) is 2.04. The highest BCUT2D eigenvalue weighted by atomic mass is 19.4. The van der Waals surface area contributed by atoms with Crippen molar-refractivity contribution in [3.63, 3.8) is 0 Å². The molecule has 0 aromatic rings. The van der Waals surface area contributed by atoms with Gasteiger partial charge in [-0.2, -0.15) is 13.2 Å². The Morgan fingerprint density at radius 1 is 1.06 bits per heavy atom. The van der Waals surface area contributed by atoms with E-state index in [1.165, 1.54) is 0 Å². The largest absolute Gasteiger partial charge is 0.389 e. The van der Waals surface area contributed by atoms with Crippen molar-refractivity contribution in [2.45, 2.75) is 70.6 Å². The molecule has 0 saturated carbocycles. The Labute approximate surface area is 109 Å². The van der Waals surface area contributed by atoms with Crippen LogP contribution < -0.4 is 5.73 Å². The van der Waals surface area contributed by atoms with Crippen LogP contribution in [0.4, 0.5) is 13.2 Å². The van der Waals surface area contributed by atoms with E-state index < -0.39 is 12.6 Å². The average molecular weight is 268 g/mol. The van der Waals surface area contributed by atoms with Crippen LogP contribution in [0.1, 0.15) is 53.4 Å².